The minimum absolute atomic E-state index is 0.349. The number of hydrogen-bond acceptors (Lipinski definition) is 1. The van der Waals surface area contributed by atoms with Gasteiger partial charge in [-0.2, -0.15) is 0 Å². The van der Waals surface area contributed by atoms with E-state index in [-0.39, 0.29) is 0 Å². The highest BCUT2D eigenvalue weighted by atomic mass is 79.9. The van der Waals surface area contributed by atoms with Crippen LogP contribution < -0.4 is 5.32 Å². The first-order chi connectivity index (χ1) is 8.58. The number of halogens is 2. The van der Waals surface area contributed by atoms with E-state index in [2.05, 4.69) is 48.1 Å². The molecule has 0 amide bonds. The Balaban J connectivity index is 2.85. The molecule has 0 bridgehead atoms. The average molecular weight is 333 g/mol. The molecule has 1 aromatic rings. The molecule has 2 atom stereocenters. The van der Waals surface area contributed by atoms with Crippen LogP contribution in [0.5, 0.6) is 0 Å². The van der Waals surface area contributed by atoms with E-state index in [1.54, 1.807) is 0 Å². The van der Waals surface area contributed by atoms with Crippen LogP contribution in [0.25, 0.3) is 0 Å². The SMILES string of the molecule is CCCC(C)CC(NCC)c1cc(Br)ccc1Cl. The first kappa shape index (κ1) is 16.0. The van der Waals surface area contributed by atoms with Crippen molar-refractivity contribution in [3.8, 4) is 0 Å². The topological polar surface area (TPSA) is 12.0 Å². The Kier molecular flexibility index (Phi) is 7.28. The van der Waals surface area contributed by atoms with Crippen LogP contribution in [0.3, 0.4) is 0 Å². The van der Waals surface area contributed by atoms with Crippen LogP contribution in [0.15, 0.2) is 22.7 Å². The fourth-order valence-electron chi connectivity index (χ4n) is 2.36. The molecule has 1 nitrogen and oxygen atoms in total. The van der Waals surface area contributed by atoms with E-state index < -0.39 is 0 Å². The van der Waals surface area contributed by atoms with Gasteiger partial charge in [-0.25, -0.2) is 0 Å². The van der Waals surface area contributed by atoms with Crippen molar-refractivity contribution in [1.29, 1.82) is 0 Å². The van der Waals surface area contributed by atoms with Gasteiger partial charge in [0.25, 0.3) is 0 Å². The maximum Gasteiger partial charge on any atom is 0.0454 e. The lowest BCUT2D eigenvalue weighted by molar-refractivity contribution is 0.395. The molecule has 1 aromatic carbocycles. The summed E-state index contributed by atoms with van der Waals surface area (Å²) >= 11 is 9.85. The van der Waals surface area contributed by atoms with Gasteiger partial charge in [-0.1, -0.05) is 61.1 Å². The first-order valence-electron chi connectivity index (χ1n) is 6.76. The summed E-state index contributed by atoms with van der Waals surface area (Å²) in [7, 11) is 0. The highest BCUT2D eigenvalue weighted by Gasteiger charge is 2.17. The van der Waals surface area contributed by atoms with Crippen molar-refractivity contribution in [2.75, 3.05) is 6.54 Å². The van der Waals surface area contributed by atoms with Gasteiger partial charge in [-0.15, -0.1) is 0 Å². The number of nitrogens with one attached hydrogen (secondary N) is 1. The lowest BCUT2D eigenvalue weighted by Crippen LogP contribution is -2.23. The Bertz CT molecular complexity index is 368. The van der Waals surface area contributed by atoms with E-state index in [1.165, 1.54) is 18.4 Å². The zero-order chi connectivity index (χ0) is 13.5. The second-order valence-electron chi connectivity index (χ2n) is 4.91. The normalized spacial score (nSPS) is 14.5. The van der Waals surface area contributed by atoms with Crippen molar-refractivity contribution in [1.82, 2.24) is 5.32 Å². The number of rotatable bonds is 7. The summed E-state index contributed by atoms with van der Waals surface area (Å²) in [5.41, 5.74) is 1.20. The smallest absolute Gasteiger partial charge is 0.0454 e. The number of benzene rings is 1. The first-order valence-corrected chi connectivity index (χ1v) is 7.93. The molecule has 0 saturated carbocycles. The van der Waals surface area contributed by atoms with Gasteiger partial charge in [-0.05, 0) is 42.6 Å². The van der Waals surface area contributed by atoms with E-state index >= 15 is 0 Å². The molecular weight excluding hydrogens is 310 g/mol. The molecular formula is C15H23BrClN. The zero-order valence-electron chi connectivity index (χ0n) is 11.5. The fourth-order valence-corrected chi connectivity index (χ4v) is 2.99. The third-order valence-electron chi connectivity index (χ3n) is 3.20. The highest BCUT2D eigenvalue weighted by molar-refractivity contribution is 9.10. The predicted octanol–water partition coefficient (Wildman–Crippen LogP) is 5.58. The molecule has 0 aliphatic rings. The zero-order valence-corrected chi connectivity index (χ0v) is 13.8. The van der Waals surface area contributed by atoms with E-state index in [9.17, 15) is 0 Å². The van der Waals surface area contributed by atoms with Crippen LogP contribution in [0, 0.1) is 5.92 Å². The third-order valence-corrected chi connectivity index (χ3v) is 4.04. The molecule has 0 spiro atoms. The summed E-state index contributed by atoms with van der Waals surface area (Å²) in [4.78, 5) is 0. The monoisotopic (exact) mass is 331 g/mol. The Morgan fingerprint density at radius 3 is 2.67 bits per heavy atom. The standard InChI is InChI=1S/C15H23BrClN/c1-4-6-11(3)9-15(18-5-2)13-10-12(16)7-8-14(13)17/h7-8,10-11,15,18H,4-6,9H2,1-3H3. The van der Waals surface area contributed by atoms with Crippen molar-refractivity contribution in [2.24, 2.45) is 5.92 Å². The largest absolute Gasteiger partial charge is 0.310 e. The maximum atomic E-state index is 6.33. The molecule has 102 valence electrons. The minimum Gasteiger partial charge on any atom is -0.310 e. The molecule has 0 aromatic heterocycles. The molecule has 1 N–H and O–H groups in total. The van der Waals surface area contributed by atoms with Gasteiger partial charge in [0, 0.05) is 15.5 Å². The van der Waals surface area contributed by atoms with Crippen LogP contribution >= 0.6 is 27.5 Å². The van der Waals surface area contributed by atoms with Gasteiger partial charge in [0.15, 0.2) is 0 Å². The van der Waals surface area contributed by atoms with Crippen LogP contribution in [0.1, 0.15) is 51.6 Å². The minimum atomic E-state index is 0.349. The second kappa shape index (κ2) is 8.19. The predicted molar refractivity (Wildman–Crippen MR) is 84.3 cm³/mol. The Labute approximate surface area is 124 Å². The summed E-state index contributed by atoms with van der Waals surface area (Å²) in [6, 6.07) is 6.44. The van der Waals surface area contributed by atoms with E-state index in [1.807, 2.05) is 12.1 Å². The Morgan fingerprint density at radius 2 is 2.06 bits per heavy atom. The van der Waals surface area contributed by atoms with E-state index in [0.717, 1.165) is 22.5 Å². The maximum absolute atomic E-state index is 6.33. The molecule has 0 radical (unpaired) electrons. The van der Waals surface area contributed by atoms with Crippen LogP contribution in [0.4, 0.5) is 0 Å². The summed E-state index contributed by atoms with van der Waals surface area (Å²) in [6.07, 6.45) is 3.65. The molecule has 0 aliphatic carbocycles. The van der Waals surface area contributed by atoms with Gasteiger partial charge in [0.1, 0.15) is 0 Å². The summed E-state index contributed by atoms with van der Waals surface area (Å²) < 4.78 is 1.09. The molecule has 1 rings (SSSR count). The molecule has 18 heavy (non-hydrogen) atoms. The average Bonchev–Trinajstić information content (AvgIpc) is 2.32. The summed E-state index contributed by atoms with van der Waals surface area (Å²) in [5.74, 6) is 0.717. The van der Waals surface area contributed by atoms with Gasteiger partial charge in [-0.3, -0.25) is 0 Å². The van der Waals surface area contributed by atoms with Crippen molar-refractivity contribution in [3.05, 3.63) is 33.3 Å². The van der Waals surface area contributed by atoms with Gasteiger partial charge in [0.2, 0.25) is 0 Å². The van der Waals surface area contributed by atoms with E-state index in [4.69, 9.17) is 11.6 Å². The van der Waals surface area contributed by atoms with E-state index in [0.29, 0.717) is 12.0 Å². The molecule has 3 heteroatoms. The number of hydrogen-bond donors (Lipinski definition) is 1. The molecule has 0 aliphatic heterocycles. The summed E-state index contributed by atoms with van der Waals surface area (Å²) in [6.45, 7) is 7.67. The lowest BCUT2D eigenvalue weighted by atomic mass is 9.93. The Morgan fingerprint density at radius 1 is 1.33 bits per heavy atom. The van der Waals surface area contributed by atoms with Crippen LogP contribution in [0.2, 0.25) is 5.02 Å². The van der Waals surface area contributed by atoms with Gasteiger partial charge < -0.3 is 5.32 Å². The molecule has 0 saturated heterocycles. The van der Waals surface area contributed by atoms with Gasteiger partial charge >= 0.3 is 0 Å². The summed E-state index contributed by atoms with van der Waals surface area (Å²) in [5, 5.41) is 4.41. The molecule has 2 unspecified atom stereocenters. The van der Waals surface area contributed by atoms with Crippen molar-refractivity contribution >= 4 is 27.5 Å². The van der Waals surface area contributed by atoms with Crippen molar-refractivity contribution in [3.63, 3.8) is 0 Å². The van der Waals surface area contributed by atoms with Crippen LogP contribution in [-0.4, -0.2) is 6.54 Å². The molecule has 0 fully saturated rings. The molecule has 0 heterocycles. The quantitative estimate of drug-likeness (QED) is 0.687. The van der Waals surface area contributed by atoms with Crippen LogP contribution in [-0.2, 0) is 0 Å². The second-order valence-corrected chi connectivity index (χ2v) is 6.23. The van der Waals surface area contributed by atoms with Gasteiger partial charge in [0.05, 0.1) is 0 Å². The van der Waals surface area contributed by atoms with Crippen molar-refractivity contribution < 1.29 is 0 Å². The highest BCUT2D eigenvalue weighted by Crippen LogP contribution is 2.31. The Hall–Kier alpha value is -0.0500. The van der Waals surface area contributed by atoms with Crippen molar-refractivity contribution in [2.45, 2.75) is 46.1 Å². The lowest BCUT2D eigenvalue weighted by Gasteiger charge is -2.23. The fraction of sp³-hybridized carbons (Fsp3) is 0.600. The third kappa shape index (κ3) is 4.91.